The highest BCUT2D eigenvalue weighted by molar-refractivity contribution is 7.12. The average Bonchev–Trinajstić information content (AvgIpc) is 2.75. The number of carbonyl (C=O) groups is 1. The fourth-order valence-corrected chi connectivity index (χ4v) is 3.01. The molecule has 0 saturated carbocycles. The van der Waals surface area contributed by atoms with Crippen molar-refractivity contribution in [1.29, 1.82) is 0 Å². The number of nitrogens with zero attached hydrogens (tertiary/aromatic N) is 1. The minimum Gasteiger partial charge on any atom is -0.372 e. The monoisotopic (exact) mass is 309 g/mol. The second kappa shape index (κ2) is 6.24. The van der Waals surface area contributed by atoms with E-state index in [0.29, 0.717) is 22.9 Å². The minimum atomic E-state index is -0.175. The molecule has 0 unspecified atom stereocenters. The van der Waals surface area contributed by atoms with E-state index in [2.05, 4.69) is 35.5 Å². The van der Waals surface area contributed by atoms with Gasteiger partial charge in [0, 0.05) is 23.0 Å². The van der Waals surface area contributed by atoms with E-state index >= 15 is 0 Å². The molecule has 6 heteroatoms. The van der Waals surface area contributed by atoms with Crippen LogP contribution in [0, 0.1) is 13.8 Å². The van der Waals surface area contributed by atoms with Gasteiger partial charge in [-0.05, 0) is 31.5 Å². The summed E-state index contributed by atoms with van der Waals surface area (Å²) in [7, 11) is 1.73. The summed E-state index contributed by atoms with van der Waals surface area (Å²) < 4.78 is 0. The molecule has 0 atom stereocenters. The zero-order valence-corrected chi connectivity index (χ0v) is 13.2. The molecule has 2 aromatic rings. The molecule has 2 heterocycles. The summed E-state index contributed by atoms with van der Waals surface area (Å²) in [6.45, 7) is 4.66. The number of hydrogen-bond donors (Lipinski definition) is 2. The predicted octanol–water partition coefficient (Wildman–Crippen LogP) is 3.39. The third-order valence-corrected chi connectivity index (χ3v) is 4.42. The summed E-state index contributed by atoms with van der Waals surface area (Å²) in [6.07, 6.45) is 1.51. The van der Waals surface area contributed by atoms with Crippen molar-refractivity contribution in [2.75, 3.05) is 12.4 Å². The van der Waals surface area contributed by atoms with Crippen molar-refractivity contribution in [3.63, 3.8) is 0 Å². The van der Waals surface area contributed by atoms with Crippen molar-refractivity contribution in [3.8, 4) is 0 Å². The molecule has 4 nitrogen and oxygen atoms in total. The minimum absolute atomic E-state index is 0.175. The number of thiophene rings is 1. The van der Waals surface area contributed by atoms with Gasteiger partial charge in [-0.1, -0.05) is 11.6 Å². The van der Waals surface area contributed by atoms with Gasteiger partial charge in [0.2, 0.25) is 0 Å². The summed E-state index contributed by atoms with van der Waals surface area (Å²) in [5.41, 5.74) is 1.71. The van der Waals surface area contributed by atoms with E-state index in [1.54, 1.807) is 24.5 Å². The van der Waals surface area contributed by atoms with Crippen LogP contribution in [0.5, 0.6) is 0 Å². The lowest BCUT2D eigenvalue weighted by molar-refractivity contribution is 0.0951. The topological polar surface area (TPSA) is 54.0 Å². The van der Waals surface area contributed by atoms with Gasteiger partial charge in [0.1, 0.15) is 5.82 Å². The molecule has 0 aromatic carbocycles. The van der Waals surface area contributed by atoms with Gasteiger partial charge in [-0.3, -0.25) is 4.79 Å². The van der Waals surface area contributed by atoms with Gasteiger partial charge in [-0.15, -0.1) is 11.3 Å². The molecule has 0 aliphatic heterocycles. The van der Waals surface area contributed by atoms with Crippen LogP contribution in [0.2, 0.25) is 5.02 Å². The Kier molecular flexibility index (Phi) is 4.62. The van der Waals surface area contributed by atoms with Crippen LogP contribution >= 0.6 is 22.9 Å². The van der Waals surface area contributed by atoms with Crippen LogP contribution in [0.3, 0.4) is 0 Å². The molecule has 2 rings (SSSR count). The lowest BCUT2D eigenvalue weighted by atomic mass is 10.2. The third kappa shape index (κ3) is 3.29. The van der Waals surface area contributed by atoms with Gasteiger partial charge in [-0.2, -0.15) is 0 Å². The third-order valence-electron chi connectivity index (χ3n) is 2.98. The van der Waals surface area contributed by atoms with Crippen LogP contribution in [0.1, 0.15) is 25.7 Å². The highest BCUT2D eigenvalue weighted by Crippen LogP contribution is 2.21. The Labute approximate surface area is 127 Å². The van der Waals surface area contributed by atoms with E-state index in [4.69, 9.17) is 11.6 Å². The maximum atomic E-state index is 12.0. The molecular weight excluding hydrogens is 294 g/mol. The van der Waals surface area contributed by atoms with Gasteiger partial charge < -0.3 is 10.6 Å². The van der Waals surface area contributed by atoms with Crippen molar-refractivity contribution in [2.24, 2.45) is 0 Å². The molecular formula is C14H16ClN3OS. The molecule has 0 spiro atoms. The molecule has 0 aliphatic carbocycles. The van der Waals surface area contributed by atoms with Crippen LogP contribution in [-0.4, -0.2) is 17.9 Å². The number of rotatable bonds is 4. The number of halogens is 1. The number of pyridine rings is 1. The Hall–Kier alpha value is -1.59. The molecule has 2 aromatic heterocycles. The second-order valence-electron chi connectivity index (χ2n) is 4.44. The number of hydrogen-bond acceptors (Lipinski definition) is 4. The van der Waals surface area contributed by atoms with E-state index < -0.39 is 0 Å². The van der Waals surface area contributed by atoms with E-state index in [9.17, 15) is 4.79 Å². The van der Waals surface area contributed by atoms with E-state index in [-0.39, 0.29) is 5.91 Å². The fraction of sp³-hybridized carbons (Fsp3) is 0.286. The Morgan fingerprint density at radius 2 is 2.15 bits per heavy atom. The molecule has 2 N–H and O–H groups in total. The van der Waals surface area contributed by atoms with Crippen LogP contribution in [0.15, 0.2) is 18.3 Å². The van der Waals surface area contributed by atoms with Gasteiger partial charge in [0.15, 0.2) is 0 Å². The van der Waals surface area contributed by atoms with Gasteiger partial charge in [0.05, 0.1) is 17.1 Å². The second-order valence-corrected chi connectivity index (χ2v) is 6.19. The van der Waals surface area contributed by atoms with E-state index in [1.807, 2.05) is 0 Å². The van der Waals surface area contributed by atoms with Gasteiger partial charge >= 0.3 is 0 Å². The molecule has 1 amide bonds. The highest BCUT2D eigenvalue weighted by atomic mass is 35.5. The number of carbonyl (C=O) groups excluding carboxylic acids is 1. The van der Waals surface area contributed by atoms with Crippen molar-refractivity contribution in [1.82, 2.24) is 10.3 Å². The van der Waals surface area contributed by atoms with Crippen molar-refractivity contribution < 1.29 is 4.79 Å². The lowest BCUT2D eigenvalue weighted by Gasteiger charge is -2.06. The van der Waals surface area contributed by atoms with Crippen LogP contribution < -0.4 is 10.6 Å². The van der Waals surface area contributed by atoms with Crippen molar-refractivity contribution >= 4 is 34.7 Å². The van der Waals surface area contributed by atoms with Crippen LogP contribution in [0.4, 0.5) is 5.82 Å². The quantitative estimate of drug-likeness (QED) is 0.910. The largest absolute Gasteiger partial charge is 0.372 e. The summed E-state index contributed by atoms with van der Waals surface area (Å²) in [5.74, 6) is 0.387. The fourth-order valence-electron chi connectivity index (χ4n) is 1.75. The van der Waals surface area contributed by atoms with E-state index in [0.717, 1.165) is 4.88 Å². The number of anilines is 1. The molecule has 0 radical (unpaired) electrons. The Morgan fingerprint density at radius 1 is 1.40 bits per heavy atom. The number of nitrogens with one attached hydrogen (secondary N) is 2. The van der Waals surface area contributed by atoms with Crippen molar-refractivity contribution in [3.05, 3.63) is 44.2 Å². The number of amides is 1. The molecule has 0 aliphatic rings. The highest BCUT2D eigenvalue weighted by Gasteiger charge is 2.10. The van der Waals surface area contributed by atoms with Crippen molar-refractivity contribution in [2.45, 2.75) is 20.4 Å². The molecule has 0 saturated heterocycles. The summed E-state index contributed by atoms with van der Waals surface area (Å²) in [4.78, 5) is 18.5. The zero-order valence-electron chi connectivity index (χ0n) is 11.6. The first kappa shape index (κ1) is 14.8. The average molecular weight is 310 g/mol. The Morgan fingerprint density at radius 3 is 2.70 bits per heavy atom. The smallest absolute Gasteiger partial charge is 0.253 e. The normalized spacial score (nSPS) is 10.4. The molecule has 106 valence electrons. The first-order chi connectivity index (χ1) is 9.51. The summed E-state index contributed by atoms with van der Waals surface area (Å²) in [5, 5.41) is 6.16. The van der Waals surface area contributed by atoms with E-state index in [1.165, 1.54) is 16.6 Å². The molecule has 0 bridgehead atoms. The predicted molar refractivity (Wildman–Crippen MR) is 83.8 cm³/mol. The Bertz CT molecular complexity index is 620. The first-order valence-corrected chi connectivity index (χ1v) is 7.38. The SMILES string of the molecule is CNc1ncc(C(=O)NCc2cc(C)c(C)s2)cc1Cl. The standard InChI is InChI=1S/C14H16ClN3OS/c1-8-4-11(20-9(8)2)7-18-14(19)10-5-12(15)13(16-3)17-6-10/h4-6H,7H2,1-3H3,(H,16,17)(H,18,19). The first-order valence-electron chi connectivity index (χ1n) is 6.18. The lowest BCUT2D eigenvalue weighted by Crippen LogP contribution is -2.22. The molecule has 20 heavy (non-hydrogen) atoms. The van der Waals surface area contributed by atoms with Gasteiger partial charge in [0.25, 0.3) is 5.91 Å². The number of aryl methyl sites for hydroxylation is 2. The van der Waals surface area contributed by atoms with Crippen LogP contribution in [-0.2, 0) is 6.54 Å². The Balaban J connectivity index is 2.03. The maximum Gasteiger partial charge on any atom is 0.253 e. The summed E-state index contributed by atoms with van der Waals surface area (Å²) in [6, 6.07) is 3.70. The zero-order chi connectivity index (χ0) is 14.7. The number of aromatic nitrogens is 1. The summed E-state index contributed by atoms with van der Waals surface area (Å²) >= 11 is 7.71. The van der Waals surface area contributed by atoms with Crippen LogP contribution in [0.25, 0.3) is 0 Å². The molecule has 0 fully saturated rings. The maximum absolute atomic E-state index is 12.0. The van der Waals surface area contributed by atoms with Gasteiger partial charge in [-0.25, -0.2) is 4.98 Å².